The quantitative estimate of drug-likeness (QED) is 0.918. The molecule has 1 aliphatic carbocycles. The van der Waals surface area contributed by atoms with E-state index in [-0.39, 0.29) is 17.7 Å². The van der Waals surface area contributed by atoms with Crippen LogP contribution < -0.4 is 5.32 Å². The van der Waals surface area contributed by atoms with Gasteiger partial charge < -0.3 is 10.2 Å². The lowest BCUT2D eigenvalue weighted by molar-refractivity contribution is -0.117. The Hall–Kier alpha value is -2.63. The van der Waals surface area contributed by atoms with Gasteiger partial charge in [-0.25, -0.2) is 0 Å². The molecule has 0 unspecified atom stereocenters. The number of carbonyl (C=O) groups excluding carboxylic acids is 2. The monoisotopic (exact) mass is 312 g/mol. The molecule has 1 aromatic heterocycles. The first kappa shape index (κ1) is 15.3. The Kier molecular flexibility index (Phi) is 4.14. The van der Waals surface area contributed by atoms with E-state index in [1.165, 1.54) is 0 Å². The largest absolute Gasteiger partial charge is 0.337 e. The van der Waals surface area contributed by atoms with Gasteiger partial charge in [-0.05, 0) is 37.1 Å². The van der Waals surface area contributed by atoms with Crippen molar-refractivity contribution < 1.29 is 9.59 Å². The van der Waals surface area contributed by atoms with Gasteiger partial charge in [0.05, 0.1) is 6.20 Å². The molecule has 1 N–H and O–H groups in total. The van der Waals surface area contributed by atoms with Crippen LogP contribution in [0.15, 0.2) is 36.7 Å². The lowest BCUT2D eigenvalue weighted by atomic mass is 10.1. The van der Waals surface area contributed by atoms with Gasteiger partial charge in [0.2, 0.25) is 5.91 Å². The summed E-state index contributed by atoms with van der Waals surface area (Å²) in [6.07, 6.45) is 5.59. The van der Waals surface area contributed by atoms with Crippen LogP contribution in [0.3, 0.4) is 0 Å². The Morgan fingerprint density at radius 2 is 2.00 bits per heavy atom. The molecular formula is C17H20N4O2. The number of carbonyl (C=O) groups is 2. The van der Waals surface area contributed by atoms with Crippen LogP contribution in [-0.4, -0.2) is 33.5 Å². The Labute approximate surface area is 135 Å². The molecule has 1 aromatic carbocycles. The summed E-state index contributed by atoms with van der Waals surface area (Å²) in [5, 5.41) is 6.97. The normalized spacial score (nSPS) is 13.7. The number of nitrogens with zero attached hydrogens (tertiary/aromatic N) is 3. The molecule has 3 rings (SSSR count). The number of aryl methyl sites for hydroxylation is 1. The van der Waals surface area contributed by atoms with Gasteiger partial charge in [-0.15, -0.1) is 0 Å². The summed E-state index contributed by atoms with van der Waals surface area (Å²) in [6, 6.07) is 7.02. The highest BCUT2D eigenvalue weighted by atomic mass is 16.2. The third-order valence-electron chi connectivity index (χ3n) is 3.87. The van der Waals surface area contributed by atoms with Crippen molar-refractivity contribution in [2.45, 2.75) is 19.4 Å². The van der Waals surface area contributed by atoms with E-state index in [0.29, 0.717) is 12.1 Å². The summed E-state index contributed by atoms with van der Waals surface area (Å²) in [6.45, 7) is 0.507. The fourth-order valence-corrected chi connectivity index (χ4v) is 2.41. The number of anilines is 1. The summed E-state index contributed by atoms with van der Waals surface area (Å²) in [5.41, 5.74) is 2.31. The zero-order valence-electron chi connectivity index (χ0n) is 13.3. The van der Waals surface area contributed by atoms with Crippen molar-refractivity contribution in [2.24, 2.45) is 13.0 Å². The Bertz CT molecular complexity index is 716. The maximum absolute atomic E-state index is 12.4. The van der Waals surface area contributed by atoms with Crippen LogP contribution in [0.5, 0.6) is 0 Å². The van der Waals surface area contributed by atoms with E-state index in [0.717, 1.165) is 24.1 Å². The van der Waals surface area contributed by atoms with Gasteiger partial charge in [0, 0.05) is 49.6 Å². The van der Waals surface area contributed by atoms with E-state index in [1.807, 2.05) is 13.2 Å². The number of hydrogen-bond donors (Lipinski definition) is 1. The fraction of sp³-hybridized carbons (Fsp3) is 0.353. The second-order valence-electron chi connectivity index (χ2n) is 6.02. The Balaban J connectivity index is 1.61. The highest BCUT2D eigenvalue weighted by Crippen LogP contribution is 2.30. The van der Waals surface area contributed by atoms with Gasteiger partial charge in [-0.2, -0.15) is 5.10 Å². The second-order valence-corrected chi connectivity index (χ2v) is 6.02. The first-order chi connectivity index (χ1) is 11.0. The number of amides is 2. The number of nitrogens with one attached hydrogen (secondary N) is 1. The molecule has 120 valence electrons. The maximum atomic E-state index is 12.4. The van der Waals surface area contributed by atoms with Crippen molar-refractivity contribution in [1.29, 1.82) is 0 Å². The average molecular weight is 312 g/mol. The molecule has 6 nitrogen and oxygen atoms in total. The van der Waals surface area contributed by atoms with Crippen LogP contribution in [0.2, 0.25) is 0 Å². The van der Waals surface area contributed by atoms with Crippen LogP contribution in [0.1, 0.15) is 28.8 Å². The smallest absolute Gasteiger partial charge is 0.253 e. The minimum atomic E-state index is -0.0612. The molecule has 1 fully saturated rings. The molecular weight excluding hydrogens is 292 g/mol. The average Bonchev–Trinajstić information content (AvgIpc) is 3.31. The van der Waals surface area contributed by atoms with E-state index in [2.05, 4.69) is 10.4 Å². The van der Waals surface area contributed by atoms with Crippen molar-refractivity contribution in [2.75, 3.05) is 12.4 Å². The SMILES string of the molecule is CN(Cc1cnn(C)c1)C(=O)c1ccc(NC(=O)C2CC2)cc1. The molecule has 0 aliphatic heterocycles. The first-order valence-corrected chi connectivity index (χ1v) is 7.67. The number of rotatable bonds is 5. The van der Waals surface area contributed by atoms with Gasteiger partial charge in [-0.3, -0.25) is 14.3 Å². The highest BCUT2D eigenvalue weighted by Gasteiger charge is 2.29. The van der Waals surface area contributed by atoms with Crippen LogP contribution in [0.4, 0.5) is 5.69 Å². The molecule has 1 heterocycles. The molecule has 1 aliphatic rings. The summed E-state index contributed by atoms with van der Waals surface area (Å²) in [5.74, 6) is 0.175. The first-order valence-electron chi connectivity index (χ1n) is 7.67. The summed E-state index contributed by atoms with van der Waals surface area (Å²) >= 11 is 0. The zero-order valence-corrected chi connectivity index (χ0v) is 13.3. The minimum Gasteiger partial charge on any atom is -0.337 e. The van der Waals surface area contributed by atoms with E-state index in [9.17, 15) is 9.59 Å². The standard InChI is InChI=1S/C17H20N4O2/c1-20(10-12-9-18-21(2)11-12)17(23)14-5-7-15(8-6-14)19-16(22)13-3-4-13/h5-9,11,13H,3-4,10H2,1-2H3,(H,19,22). The molecule has 2 aromatic rings. The van der Waals surface area contributed by atoms with Crippen molar-refractivity contribution in [3.63, 3.8) is 0 Å². The topological polar surface area (TPSA) is 67.2 Å². The number of aromatic nitrogens is 2. The molecule has 6 heteroatoms. The zero-order chi connectivity index (χ0) is 16.4. The van der Waals surface area contributed by atoms with E-state index >= 15 is 0 Å². The third-order valence-corrected chi connectivity index (χ3v) is 3.87. The predicted molar refractivity (Wildman–Crippen MR) is 86.8 cm³/mol. The Morgan fingerprint density at radius 1 is 1.30 bits per heavy atom. The van der Waals surface area contributed by atoms with Crippen LogP contribution in [0, 0.1) is 5.92 Å². The van der Waals surface area contributed by atoms with Gasteiger partial charge in [0.25, 0.3) is 5.91 Å². The van der Waals surface area contributed by atoms with Crippen molar-refractivity contribution in [3.8, 4) is 0 Å². The van der Waals surface area contributed by atoms with Crippen molar-refractivity contribution >= 4 is 17.5 Å². The number of hydrogen-bond acceptors (Lipinski definition) is 3. The minimum absolute atomic E-state index is 0.0612. The van der Waals surface area contributed by atoms with Crippen LogP contribution in [-0.2, 0) is 18.4 Å². The molecule has 0 spiro atoms. The molecule has 0 atom stereocenters. The molecule has 0 bridgehead atoms. The molecule has 0 saturated heterocycles. The van der Waals surface area contributed by atoms with E-state index in [1.54, 1.807) is 47.1 Å². The summed E-state index contributed by atoms with van der Waals surface area (Å²) < 4.78 is 1.71. The van der Waals surface area contributed by atoms with Crippen LogP contribution >= 0.6 is 0 Å². The molecule has 1 saturated carbocycles. The lowest BCUT2D eigenvalue weighted by Crippen LogP contribution is -2.26. The Morgan fingerprint density at radius 3 is 2.57 bits per heavy atom. The van der Waals surface area contributed by atoms with Crippen molar-refractivity contribution in [3.05, 3.63) is 47.8 Å². The molecule has 0 radical (unpaired) electrons. The molecule has 23 heavy (non-hydrogen) atoms. The van der Waals surface area contributed by atoms with E-state index in [4.69, 9.17) is 0 Å². The predicted octanol–water partition coefficient (Wildman–Crippen LogP) is 2.04. The van der Waals surface area contributed by atoms with Gasteiger partial charge in [0.1, 0.15) is 0 Å². The van der Waals surface area contributed by atoms with Crippen molar-refractivity contribution in [1.82, 2.24) is 14.7 Å². The summed E-state index contributed by atoms with van der Waals surface area (Å²) in [4.78, 5) is 25.8. The summed E-state index contributed by atoms with van der Waals surface area (Å²) in [7, 11) is 3.61. The van der Waals surface area contributed by atoms with E-state index < -0.39 is 0 Å². The highest BCUT2D eigenvalue weighted by molar-refractivity contribution is 5.96. The van der Waals surface area contributed by atoms with Gasteiger partial charge >= 0.3 is 0 Å². The second kappa shape index (κ2) is 6.24. The maximum Gasteiger partial charge on any atom is 0.253 e. The fourth-order valence-electron chi connectivity index (χ4n) is 2.41. The van der Waals surface area contributed by atoms with Crippen LogP contribution in [0.25, 0.3) is 0 Å². The van der Waals surface area contributed by atoms with Gasteiger partial charge in [-0.1, -0.05) is 0 Å². The molecule has 2 amide bonds. The van der Waals surface area contributed by atoms with Gasteiger partial charge in [0.15, 0.2) is 0 Å². The lowest BCUT2D eigenvalue weighted by Gasteiger charge is -2.16. The number of benzene rings is 1. The third kappa shape index (κ3) is 3.77.